The zero-order valence-electron chi connectivity index (χ0n) is 12.5. The maximum absolute atomic E-state index is 12.0. The molecule has 1 amide bonds. The van der Waals surface area contributed by atoms with Gasteiger partial charge in [-0.2, -0.15) is 0 Å². The summed E-state index contributed by atoms with van der Waals surface area (Å²) < 4.78 is 9.98. The van der Waals surface area contributed by atoms with E-state index in [2.05, 4.69) is 10.5 Å². The molecule has 0 aliphatic rings. The van der Waals surface area contributed by atoms with Gasteiger partial charge in [0.15, 0.2) is 11.9 Å². The quantitative estimate of drug-likeness (QED) is 0.674. The van der Waals surface area contributed by atoms with E-state index in [4.69, 9.17) is 9.26 Å². The average Bonchev–Trinajstić information content (AvgIpc) is 2.92. The second-order valence-electron chi connectivity index (χ2n) is 4.59. The van der Waals surface area contributed by atoms with E-state index in [1.165, 1.54) is 6.92 Å². The van der Waals surface area contributed by atoms with Gasteiger partial charge in [-0.15, -0.1) is 11.8 Å². The monoisotopic (exact) mass is 320 g/mol. The average molecular weight is 320 g/mol. The van der Waals surface area contributed by atoms with E-state index in [0.29, 0.717) is 11.3 Å². The molecule has 2 aromatic rings. The molecule has 7 heteroatoms. The van der Waals surface area contributed by atoms with Crippen molar-refractivity contribution in [3.63, 3.8) is 0 Å². The first kappa shape index (κ1) is 16.1. The van der Waals surface area contributed by atoms with Crippen molar-refractivity contribution in [3.05, 3.63) is 41.7 Å². The number of rotatable bonds is 5. The third-order valence-electron chi connectivity index (χ3n) is 2.86. The third-order valence-corrected chi connectivity index (χ3v) is 3.60. The Bertz CT molecular complexity index is 666. The van der Waals surface area contributed by atoms with Crippen LogP contribution in [0.25, 0.3) is 0 Å². The number of hydrogen-bond acceptors (Lipinski definition) is 6. The molecule has 0 fully saturated rings. The van der Waals surface area contributed by atoms with Crippen LogP contribution in [0.3, 0.4) is 0 Å². The fraction of sp³-hybridized carbons (Fsp3) is 0.267. The number of carbonyl (C=O) groups excluding carboxylic acids is 2. The van der Waals surface area contributed by atoms with E-state index < -0.39 is 18.0 Å². The van der Waals surface area contributed by atoms with Crippen LogP contribution < -0.4 is 5.32 Å². The predicted octanol–water partition coefficient (Wildman–Crippen LogP) is 2.89. The highest BCUT2D eigenvalue weighted by atomic mass is 32.2. The largest absolute Gasteiger partial charge is 0.449 e. The molecule has 0 saturated carbocycles. The lowest BCUT2D eigenvalue weighted by molar-refractivity contribution is -0.123. The molecule has 1 aromatic carbocycles. The molecule has 0 spiro atoms. The number of esters is 1. The minimum absolute atomic E-state index is 0.287. The normalized spacial score (nSPS) is 11.8. The van der Waals surface area contributed by atoms with Crippen molar-refractivity contribution in [3.8, 4) is 0 Å². The van der Waals surface area contributed by atoms with Gasteiger partial charge in [0.25, 0.3) is 5.91 Å². The van der Waals surface area contributed by atoms with Crippen molar-refractivity contribution < 1.29 is 18.8 Å². The zero-order valence-corrected chi connectivity index (χ0v) is 13.3. The number of anilines is 1. The molecule has 116 valence electrons. The van der Waals surface area contributed by atoms with Crippen molar-refractivity contribution in [2.75, 3.05) is 11.6 Å². The molecule has 0 radical (unpaired) electrons. The van der Waals surface area contributed by atoms with Crippen molar-refractivity contribution in [2.24, 2.45) is 0 Å². The summed E-state index contributed by atoms with van der Waals surface area (Å²) in [6.07, 6.45) is 1.01. The Balaban J connectivity index is 1.93. The van der Waals surface area contributed by atoms with E-state index in [1.54, 1.807) is 36.9 Å². The predicted molar refractivity (Wildman–Crippen MR) is 83.0 cm³/mol. The van der Waals surface area contributed by atoms with Crippen LogP contribution in [-0.4, -0.2) is 29.4 Å². The Morgan fingerprint density at radius 1 is 1.32 bits per heavy atom. The summed E-state index contributed by atoms with van der Waals surface area (Å²) in [7, 11) is 0. The van der Waals surface area contributed by atoms with Gasteiger partial charge in [-0.1, -0.05) is 5.16 Å². The molecule has 0 aliphatic carbocycles. The van der Waals surface area contributed by atoms with E-state index >= 15 is 0 Å². The van der Waals surface area contributed by atoms with Crippen LogP contribution in [0.2, 0.25) is 0 Å². The van der Waals surface area contributed by atoms with Crippen LogP contribution in [0.4, 0.5) is 5.82 Å². The molecule has 1 aromatic heterocycles. The Morgan fingerprint density at radius 2 is 2.00 bits per heavy atom. The van der Waals surface area contributed by atoms with Crippen LogP contribution in [0.5, 0.6) is 0 Å². The highest BCUT2D eigenvalue weighted by Gasteiger charge is 2.20. The van der Waals surface area contributed by atoms with Gasteiger partial charge in [-0.3, -0.25) is 4.79 Å². The zero-order chi connectivity index (χ0) is 16.1. The molecule has 6 nitrogen and oxygen atoms in total. The number of nitrogens with zero attached hydrogens (tertiary/aromatic N) is 1. The molecule has 1 N–H and O–H groups in total. The highest BCUT2D eigenvalue weighted by molar-refractivity contribution is 7.98. The lowest BCUT2D eigenvalue weighted by Crippen LogP contribution is -2.30. The summed E-state index contributed by atoms with van der Waals surface area (Å²) in [4.78, 5) is 24.9. The van der Waals surface area contributed by atoms with Crippen LogP contribution in [0, 0.1) is 6.92 Å². The number of thioether (sulfide) groups is 1. The van der Waals surface area contributed by atoms with Crippen LogP contribution >= 0.6 is 11.8 Å². The van der Waals surface area contributed by atoms with Gasteiger partial charge in [-0.25, -0.2) is 4.79 Å². The van der Waals surface area contributed by atoms with Crippen molar-refractivity contribution in [1.29, 1.82) is 0 Å². The summed E-state index contributed by atoms with van der Waals surface area (Å²) in [5.74, 6) is -0.155. The first-order chi connectivity index (χ1) is 10.5. The van der Waals surface area contributed by atoms with Crippen LogP contribution in [0.15, 0.2) is 39.8 Å². The topological polar surface area (TPSA) is 81.4 Å². The standard InChI is InChI=1S/C15H16N2O4S/c1-9-8-13(17-21-9)16-14(18)10(2)20-15(19)11-4-6-12(22-3)7-5-11/h4-8,10H,1-3H3,(H,16,17,18)/t10-/m0/s1. The second-order valence-corrected chi connectivity index (χ2v) is 5.47. The number of carbonyl (C=O) groups is 2. The van der Waals surface area contributed by atoms with Crippen LogP contribution in [-0.2, 0) is 9.53 Å². The number of nitrogens with one attached hydrogen (secondary N) is 1. The van der Waals surface area contributed by atoms with Gasteiger partial charge >= 0.3 is 5.97 Å². The minimum Gasteiger partial charge on any atom is -0.449 e. The number of benzene rings is 1. The van der Waals surface area contributed by atoms with Crippen molar-refractivity contribution in [2.45, 2.75) is 24.8 Å². The molecule has 1 atom stereocenters. The Morgan fingerprint density at radius 3 is 2.55 bits per heavy atom. The molecule has 0 unspecified atom stereocenters. The Kier molecular flexibility index (Phi) is 5.21. The van der Waals surface area contributed by atoms with Gasteiger partial charge in [-0.05, 0) is 44.4 Å². The summed E-state index contributed by atoms with van der Waals surface area (Å²) in [5.41, 5.74) is 0.398. The van der Waals surface area contributed by atoms with Crippen LogP contribution in [0.1, 0.15) is 23.0 Å². The van der Waals surface area contributed by atoms with Crippen molar-refractivity contribution in [1.82, 2.24) is 5.16 Å². The van der Waals surface area contributed by atoms with Gasteiger partial charge < -0.3 is 14.6 Å². The number of hydrogen-bond donors (Lipinski definition) is 1. The third kappa shape index (κ3) is 4.11. The second kappa shape index (κ2) is 7.13. The molecular formula is C15H16N2O4S. The van der Waals surface area contributed by atoms with E-state index in [1.807, 2.05) is 18.4 Å². The smallest absolute Gasteiger partial charge is 0.338 e. The first-order valence-electron chi connectivity index (χ1n) is 6.59. The summed E-state index contributed by atoms with van der Waals surface area (Å²) in [6, 6.07) is 8.56. The molecular weight excluding hydrogens is 304 g/mol. The van der Waals surface area contributed by atoms with E-state index in [0.717, 1.165) is 4.90 Å². The maximum atomic E-state index is 12.0. The van der Waals surface area contributed by atoms with Gasteiger partial charge in [0.2, 0.25) is 0 Å². The number of aryl methyl sites for hydroxylation is 1. The number of ether oxygens (including phenoxy) is 1. The molecule has 1 heterocycles. The Hall–Kier alpha value is -2.28. The number of amides is 1. The summed E-state index contributed by atoms with van der Waals surface area (Å²) >= 11 is 1.58. The fourth-order valence-electron chi connectivity index (χ4n) is 1.66. The van der Waals surface area contributed by atoms with Gasteiger partial charge in [0, 0.05) is 11.0 Å². The fourth-order valence-corrected chi connectivity index (χ4v) is 2.07. The molecule has 2 rings (SSSR count). The van der Waals surface area contributed by atoms with Gasteiger partial charge in [0.1, 0.15) is 5.76 Å². The van der Waals surface area contributed by atoms with E-state index in [-0.39, 0.29) is 5.82 Å². The van der Waals surface area contributed by atoms with E-state index in [9.17, 15) is 9.59 Å². The highest BCUT2D eigenvalue weighted by Crippen LogP contribution is 2.16. The molecule has 0 aliphatic heterocycles. The van der Waals surface area contributed by atoms with Gasteiger partial charge in [0.05, 0.1) is 5.56 Å². The summed E-state index contributed by atoms with van der Waals surface area (Å²) in [6.45, 7) is 3.21. The first-order valence-corrected chi connectivity index (χ1v) is 7.81. The molecule has 0 bridgehead atoms. The molecule has 22 heavy (non-hydrogen) atoms. The molecule has 0 saturated heterocycles. The summed E-state index contributed by atoms with van der Waals surface area (Å²) in [5, 5.41) is 6.16. The minimum atomic E-state index is -0.940. The Labute approximate surface area is 132 Å². The maximum Gasteiger partial charge on any atom is 0.338 e. The van der Waals surface area contributed by atoms with Crippen molar-refractivity contribution >= 4 is 29.5 Å². The lowest BCUT2D eigenvalue weighted by Gasteiger charge is -2.12. The lowest BCUT2D eigenvalue weighted by atomic mass is 10.2. The SMILES string of the molecule is CSc1ccc(C(=O)O[C@@H](C)C(=O)Nc2cc(C)on2)cc1. The number of aromatic nitrogens is 1.